The van der Waals surface area contributed by atoms with Crippen molar-refractivity contribution in [2.75, 3.05) is 19.0 Å². The van der Waals surface area contributed by atoms with Crippen molar-refractivity contribution in [2.45, 2.75) is 19.8 Å². The quantitative estimate of drug-likeness (QED) is 0.632. The molecule has 0 fully saturated rings. The molecular formula is C17H21N3OS. The van der Waals surface area contributed by atoms with E-state index in [1.807, 2.05) is 37.3 Å². The van der Waals surface area contributed by atoms with Crippen LogP contribution in [0.1, 0.15) is 17.5 Å². The smallest absolute Gasteiger partial charge is 0.171 e. The van der Waals surface area contributed by atoms with Crippen LogP contribution in [0.2, 0.25) is 0 Å². The van der Waals surface area contributed by atoms with Crippen molar-refractivity contribution < 1.29 is 4.74 Å². The summed E-state index contributed by atoms with van der Waals surface area (Å²) in [6.07, 6.45) is 3.67. The molecule has 0 aliphatic rings. The maximum Gasteiger partial charge on any atom is 0.171 e. The van der Waals surface area contributed by atoms with Crippen LogP contribution in [0.4, 0.5) is 5.82 Å². The molecule has 2 rings (SSSR count). The molecule has 0 bridgehead atoms. The van der Waals surface area contributed by atoms with Crippen LogP contribution >= 0.6 is 12.2 Å². The minimum absolute atomic E-state index is 0.599. The molecule has 1 heterocycles. The monoisotopic (exact) mass is 315 g/mol. The number of thiocarbonyl (C=S) groups is 1. The van der Waals surface area contributed by atoms with Crippen molar-refractivity contribution in [2.24, 2.45) is 0 Å². The van der Waals surface area contributed by atoms with Crippen LogP contribution in [0.15, 0.2) is 42.6 Å². The van der Waals surface area contributed by atoms with Crippen LogP contribution in [0, 0.1) is 6.92 Å². The van der Waals surface area contributed by atoms with Crippen LogP contribution in [0.5, 0.6) is 5.75 Å². The highest BCUT2D eigenvalue weighted by molar-refractivity contribution is 7.80. The maximum absolute atomic E-state index is 5.35. The summed E-state index contributed by atoms with van der Waals surface area (Å²) in [5, 5.41) is 6.92. The lowest BCUT2D eigenvalue weighted by molar-refractivity contribution is 0.409. The van der Waals surface area contributed by atoms with Gasteiger partial charge >= 0.3 is 0 Å². The Morgan fingerprint density at radius 2 is 2.05 bits per heavy atom. The number of aryl methyl sites for hydroxylation is 2. The molecule has 2 aromatic rings. The second-order valence-electron chi connectivity index (χ2n) is 4.97. The Labute approximate surface area is 136 Å². The average molecular weight is 315 g/mol. The molecular weight excluding hydrogens is 294 g/mol. The van der Waals surface area contributed by atoms with Gasteiger partial charge in [0.05, 0.1) is 7.11 Å². The summed E-state index contributed by atoms with van der Waals surface area (Å²) in [5.74, 6) is 1.73. The van der Waals surface area contributed by atoms with E-state index < -0.39 is 0 Å². The van der Waals surface area contributed by atoms with E-state index in [4.69, 9.17) is 17.0 Å². The molecule has 0 atom stereocenters. The largest absolute Gasteiger partial charge is 0.496 e. The lowest BCUT2D eigenvalue weighted by Crippen LogP contribution is -2.30. The molecule has 0 saturated carbocycles. The van der Waals surface area contributed by atoms with E-state index in [1.54, 1.807) is 13.3 Å². The molecule has 22 heavy (non-hydrogen) atoms. The fraction of sp³-hybridized carbons (Fsp3) is 0.294. The highest BCUT2D eigenvalue weighted by atomic mass is 32.1. The van der Waals surface area contributed by atoms with Gasteiger partial charge in [0, 0.05) is 12.7 Å². The van der Waals surface area contributed by atoms with Gasteiger partial charge in [-0.05, 0) is 55.2 Å². The highest BCUT2D eigenvalue weighted by Crippen LogP contribution is 2.18. The Bertz CT molecular complexity index is 631. The number of ether oxygens (including phenoxy) is 1. The van der Waals surface area contributed by atoms with Crippen LogP contribution in [0.3, 0.4) is 0 Å². The fourth-order valence-corrected chi connectivity index (χ4v) is 2.36. The van der Waals surface area contributed by atoms with Crippen molar-refractivity contribution in [1.82, 2.24) is 10.3 Å². The number of methoxy groups -OCH3 is 1. The Balaban J connectivity index is 1.75. The maximum atomic E-state index is 5.35. The van der Waals surface area contributed by atoms with Crippen LogP contribution in [0.25, 0.3) is 0 Å². The minimum Gasteiger partial charge on any atom is -0.496 e. The van der Waals surface area contributed by atoms with Crippen molar-refractivity contribution in [1.29, 1.82) is 0 Å². The zero-order valence-corrected chi connectivity index (χ0v) is 13.7. The van der Waals surface area contributed by atoms with E-state index in [1.165, 1.54) is 5.56 Å². The normalized spacial score (nSPS) is 10.1. The number of pyridine rings is 1. The predicted molar refractivity (Wildman–Crippen MR) is 94.5 cm³/mol. The molecule has 4 nitrogen and oxygen atoms in total. The number of hydrogen-bond acceptors (Lipinski definition) is 3. The van der Waals surface area contributed by atoms with Gasteiger partial charge in [-0.15, -0.1) is 0 Å². The molecule has 0 aliphatic carbocycles. The van der Waals surface area contributed by atoms with Gasteiger partial charge in [0.25, 0.3) is 0 Å². The number of hydrogen-bond donors (Lipinski definition) is 2. The Hall–Kier alpha value is -2.14. The predicted octanol–water partition coefficient (Wildman–Crippen LogP) is 3.32. The van der Waals surface area contributed by atoms with E-state index in [9.17, 15) is 0 Å². The molecule has 5 heteroatoms. The molecule has 1 aromatic heterocycles. The fourth-order valence-electron chi connectivity index (χ4n) is 2.16. The third kappa shape index (κ3) is 4.70. The summed E-state index contributed by atoms with van der Waals surface area (Å²) in [5.41, 5.74) is 2.28. The summed E-state index contributed by atoms with van der Waals surface area (Å²) < 4.78 is 5.35. The minimum atomic E-state index is 0.599. The standard InChI is InChI=1S/C17H21N3OS/c1-13-7-5-11-18-16(13)20-17(22)19-12-6-9-14-8-3-4-10-15(14)21-2/h3-5,7-8,10-11H,6,9,12H2,1-2H3,(H2,18,19,20,22). The summed E-state index contributed by atoms with van der Waals surface area (Å²) in [7, 11) is 1.70. The van der Waals surface area contributed by atoms with Crippen molar-refractivity contribution >= 4 is 23.1 Å². The van der Waals surface area contributed by atoms with Gasteiger partial charge < -0.3 is 15.4 Å². The van der Waals surface area contributed by atoms with Crippen LogP contribution in [-0.2, 0) is 6.42 Å². The molecule has 0 unspecified atom stereocenters. The van der Waals surface area contributed by atoms with E-state index in [0.717, 1.165) is 36.5 Å². The number of benzene rings is 1. The molecule has 0 aliphatic heterocycles. The van der Waals surface area contributed by atoms with E-state index in [2.05, 4.69) is 21.7 Å². The zero-order valence-electron chi connectivity index (χ0n) is 12.9. The number of aromatic nitrogens is 1. The zero-order chi connectivity index (χ0) is 15.8. The van der Waals surface area contributed by atoms with Crippen molar-refractivity contribution in [3.63, 3.8) is 0 Å². The third-order valence-electron chi connectivity index (χ3n) is 3.34. The molecule has 2 N–H and O–H groups in total. The van der Waals surface area contributed by atoms with E-state index in [0.29, 0.717) is 5.11 Å². The van der Waals surface area contributed by atoms with Gasteiger partial charge in [0.2, 0.25) is 0 Å². The molecule has 0 amide bonds. The Kier molecular flexibility index (Phi) is 6.15. The lowest BCUT2D eigenvalue weighted by atomic mass is 10.1. The second kappa shape index (κ2) is 8.34. The first-order chi connectivity index (χ1) is 10.7. The van der Waals surface area contributed by atoms with E-state index >= 15 is 0 Å². The summed E-state index contributed by atoms with van der Waals surface area (Å²) in [6.45, 7) is 2.80. The number of rotatable bonds is 6. The van der Waals surface area contributed by atoms with Gasteiger partial charge in [-0.2, -0.15) is 0 Å². The van der Waals surface area contributed by atoms with Crippen LogP contribution in [-0.4, -0.2) is 23.8 Å². The average Bonchev–Trinajstić information content (AvgIpc) is 2.54. The van der Waals surface area contributed by atoms with Crippen LogP contribution < -0.4 is 15.4 Å². The van der Waals surface area contributed by atoms with E-state index in [-0.39, 0.29) is 0 Å². The molecule has 116 valence electrons. The first-order valence-electron chi connectivity index (χ1n) is 7.29. The first-order valence-corrected chi connectivity index (χ1v) is 7.70. The van der Waals surface area contributed by atoms with Crippen molar-refractivity contribution in [3.05, 3.63) is 53.7 Å². The number of para-hydroxylation sites is 1. The van der Waals surface area contributed by atoms with Crippen molar-refractivity contribution in [3.8, 4) is 5.75 Å². The lowest BCUT2D eigenvalue weighted by Gasteiger charge is -2.12. The third-order valence-corrected chi connectivity index (χ3v) is 3.59. The Morgan fingerprint density at radius 1 is 1.23 bits per heavy atom. The first kappa shape index (κ1) is 16.2. The topological polar surface area (TPSA) is 46.2 Å². The van der Waals surface area contributed by atoms with Gasteiger partial charge in [-0.25, -0.2) is 4.98 Å². The summed E-state index contributed by atoms with van der Waals surface area (Å²) in [4.78, 5) is 4.26. The SMILES string of the molecule is COc1ccccc1CCCNC(=S)Nc1ncccc1C. The highest BCUT2D eigenvalue weighted by Gasteiger charge is 2.03. The summed E-state index contributed by atoms with van der Waals surface area (Å²) >= 11 is 5.29. The van der Waals surface area contributed by atoms with Gasteiger partial charge in [0.1, 0.15) is 11.6 Å². The molecule has 0 radical (unpaired) electrons. The molecule has 1 aromatic carbocycles. The number of nitrogens with zero attached hydrogens (tertiary/aromatic N) is 1. The number of anilines is 1. The second-order valence-corrected chi connectivity index (χ2v) is 5.37. The summed E-state index contributed by atoms with van der Waals surface area (Å²) in [6, 6.07) is 12.0. The molecule has 0 saturated heterocycles. The van der Waals surface area contributed by atoms with Gasteiger partial charge in [-0.3, -0.25) is 0 Å². The molecule has 0 spiro atoms. The number of nitrogens with one attached hydrogen (secondary N) is 2. The van der Waals surface area contributed by atoms with Gasteiger partial charge in [0.15, 0.2) is 5.11 Å². The Morgan fingerprint density at radius 3 is 2.82 bits per heavy atom. The van der Waals surface area contributed by atoms with Gasteiger partial charge in [-0.1, -0.05) is 24.3 Å².